The average Bonchev–Trinajstić information content (AvgIpc) is 3.19. The summed E-state index contributed by atoms with van der Waals surface area (Å²) in [4.78, 5) is 15.1. The summed E-state index contributed by atoms with van der Waals surface area (Å²) >= 11 is 0. The minimum absolute atomic E-state index is 0.342. The third kappa shape index (κ3) is 2.88. The summed E-state index contributed by atoms with van der Waals surface area (Å²) in [5.74, 6) is 2.31. The Morgan fingerprint density at radius 1 is 1.10 bits per heavy atom. The van der Waals surface area contributed by atoms with Gasteiger partial charge in [0, 0.05) is 24.5 Å². The van der Waals surface area contributed by atoms with Gasteiger partial charge in [-0.2, -0.15) is 0 Å². The highest BCUT2D eigenvalue weighted by Gasteiger charge is 2.56. The lowest BCUT2D eigenvalue weighted by Crippen LogP contribution is -2.49. The summed E-state index contributed by atoms with van der Waals surface area (Å²) in [5, 5.41) is 3.59. The summed E-state index contributed by atoms with van der Waals surface area (Å²) in [6, 6.07) is 0.866. The van der Waals surface area contributed by atoms with Crippen molar-refractivity contribution in [1.82, 2.24) is 10.2 Å². The normalized spacial score (nSPS) is 36.5. The molecule has 2 saturated carbocycles. The minimum Gasteiger partial charge on any atom is -0.338 e. The van der Waals surface area contributed by atoms with Crippen molar-refractivity contribution in [2.24, 2.45) is 17.8 Å². The Bertz CT molecular complexity index is 337. The highest BCUT2D eigenvalue weighted by atomic mass is 16.2. The summed E-state index contributed by atoms with van der Waals surface area (Å²) in [6.45, 7) is 6.39. The molecule has 1 heterocycles. The van der Waals surface area contributed by atoms with Crippen LogP contribution in [0.1, 0.15) is 58.8 Å². The van der Waals surface area contributed by atoms with E-state index in [-0.39, 0.29) is 0 Å². The predicted molar refractivity (Wildman–Crippen MR) is 81.4 cm³/mol. The Labute approximate surface area is 123 Å². The van der Waals surface area contributed by atoms with E-state index in [1.54, 1.807) is 0 Å². The smallest absolute Gasteiger partial charge is 0.226 e. The summed E-state index contributed by atoms with van der Waals surface area (Å²) < 4.78 is 0. The fraction of sp³-hybridized carbons (Fsp3) is 0.941. The first-order valence-electron chi connectivity index (χ1n) is 8.72. The molecule has 3 atom stereocenters. The van der Waals surface area contributed by atoms with Crippen LogP contribution in [0.2, 0.25) is 0 Å². The topological polar surface area (TPSA) is 32.3 Å². The molecule has 0 aromatic carbocycles. The second-order valence-corrected chi connectivity index (χ2v) is 7.37. The molecular formula is C17H30N2O. The third-order valence-electron chi connectivity index (χ3n) is 5.68. The molecule has 1 aliphatic heterocycles. The number of fused-ring (bicyclic) bond motifs is 1. The van der Waals surface area contributed by atoms with Gasteiger partial charge in [-0.25, -0.2) is 0 Å². The van der Waals surface area contributed by atoms with Crippen molar-refractivity contribution in [1.29, 1.82) is 0 Å². The van der Waals surface area contributed by atoms with Crippen molar-refractivity contribution in [2.75, 3.05) is 13.1 Å². The fourth-order valence-corrected chi connectivity index (χ4v) is 4.42. The molecule has 3 heteroatoms. The van der Waals surface area contributed by atoms with E-state index in [9.17, 15) is 4.79 Å². The number of hydrogen-bond acceptors (Lipinski definition) is 2. The van der Waals surface area contributed by atoms with Gasteiger partial charge in [0.25, 0.3) is 0 Å². The highest BCUT2D eigenvalue weighted by molar-refractivity contribution is 5.82. The van der Waals surface area contributed by atoms with Crippen LogP contribution in [0.25, 0.3) is 0 Å². The van der Waals surface area contributed by atoms with Gasteiger partial charge in [0.2, 0.25) is 5.91 Å². The molecular weight excluding hydrogens is 248 g/mol. The molecule has 0 aromatic rings. The zero-order valence-corrected chi connectivity index (χ0v) is 13.1. The van der Waals surface area contributed by atoms with Gasteiger partial charge < -0.3 is 10.2 Å². The Hall–Kier alpha value is -0.570. The van der Waals surface area contributed by atoms with Crippen molar-refractivity contribution in [3.8, 4) is 0 Å². The van der Waals surface area contributed by atoms with Crippen molar-refractivity contribution in [3.63, 3.8) is 0 Å². The van der Waals surface area contributed by atoms with Crippen LogP contribution in [0.3, 0.4) is 0 Å². The minimum atomic E-state index is 0.342. The van der Waals surface area contributed by atoms with Crippen LogP contribution >= 0.6 is 0 Å². The van der Waals surface area contributed by atoms with Crippen molar-refractivity contribution < 1.29 is 4.79 Å². The molecule has 1 amide bonds. The van der Waals surface area contributed by atoms with Gasteiger partial charge in [0.15, 0.2) is 0 Å². The van der Waals surface area contributed by atoms with Crippen LogP contribution in [-0.4, -0.2) is 36.0 Å². The lowest BCUT2D eigenvalue weighted by molar-refractivity contribution is -0.135. The molecule has 2 aliphatic carbocycles. The Balaban J connectivity index is 1.60. The van der Waals surface area contributed by atoms with Gasteiger partial charge in [-0.3, -0.25) is 4.79 Å². The number of carbonyl (C=O) groups is 1. The van der Waals surface area contributed by atoms with E-state index in [2.05, 4.69) is 24.1 Å². The number of amides is 1. The number of rotatable bonds is 4. The van der Waals surface area contributed by atoms with E-state index in [1.165, 1.54) is 44.9 Å². The maximum Gasteiger partial charge on any atom is 0.226 e. The average molecular weight is 278 g/mol. The molecule has 3 unspecified atom stereocenters. The maximum atomic E-state index is 12.9. The first-order valence-corrected chi connectivity index (χ1v) is 8.72. The van der Waals surface area contributed by atoms with E-state index in [4.69, 9.17) is 0 Å². The summed E-state index contributed by atoms with van der Waals surface area (Å²) in [6.07, 6.45) is 9.12. The van der Waals surface area contributed by atoms with Crippen LogP contribution < -0.4 is 5.32 Å². The number of piperidine rings is 1. The van der Waals surface area contributed by atoms with Crippen LogP contribution in [0.4, 0.5) is 0 Å². The monoisotopic (exact) mass is 278 g/mol. The molecule has 1 N–H and O–H groups in total. The first kappa shape index (κ1) is 14.4. The molecule has 3 aliphatic rings. The van der Waals surface area contributed by atoms with Gasteiger partial charge in [-0.05, 0) is 57.9 Å². The van der Waals surface area contributed by atoms with E-state index in [1.807, 2.05) is 0 Å². The molecule has 1 saturated heterocycles. The van der Waals surface area contributed by atoms with Gasteiger partial charge in [-0.15, -0.1) is 0 Å². The van der Waals surface area contributed by atoms with E-state index >= 15 is 0 Å². The molecule has 0 spiro atoms. The zero-order valence-electron chi connectivity index (χ0n) is 13.1. The lowest BCUT2D eigenvalue weighted by Gasteiger charge is -2.33. The van der Waals surface area contributed by atoms with E-state index in [0.717, 1.165) is 24.9 Å². The molecule has 0 aromatic heterocycles. The summed E-state index contributed by atoms with van der Waals surface area (Å²) in [5.41, 5.74) is 0. The maximum absolute atomic E-state index is 12.9. The second kappa shape index (κ2) is 6.05. The SMILES string of the molecule is CC(C)N(CC1CCCCN1)C(=O)C1C2CCCCC21. The molecule has 0 bridgehead atoms. The number of hydrogen-bond donors (Lipinski definition) is 1. The summed E-state index contributed by atoms with van der Waals surface area (Å²) in [7, 11) is 0. The van der Waals surface area contributed by atoms with Gasteiger partial charge in [0.05, 0.1) is 0 Å². The molecule has 20 heavy (non-hydrogen) atoms. The van der Waals surface area contributed by atoms with Crippen LogP contribution in [0, 0.1) is 17.8 Å². The second-order valence-electron chi connectivity index (χ2n) is 7.37. The highest BCUT2D eigenvalue weighted by Crippen LogP contribution is 2.56. The first-order chi connectivity index (χ1) is 9.68. The Morgan fingerprint density at radius 2 is 1.75 bits per heavy atom. The van der Waals surface area contributed by atoms with Gasteiger partial charge in [-0.1, -0.05) is 19.3 Å². The van der Waals surface area contributed by atoms with Crippen LogP contribution in [-0.2, 0) is 4.79 Å². The molecule has 3 nitrogen and oxygen atoms in total. The van der Waals surface area contributed by atoms with Crippen molar-refractivity contribution in [2.45, 2.75) is 70.9 Å². The predicted octanol–water partition coefficient (Wildman–Crippen LogP) is 2.80. The van der Waals surface area contributed by atoms with Crippen molar-refractivity contribution in [3.05, 3.63) is 0 Å². The van der Waals surface area contributed by atoms with Crippen LogP contribution in [0.15, 0.2) is 0 Å². The van der Waals surface area contributed by atoms with Crippen molar-refractivity contribution >= 4 is 5.91 Å². The van der Waals surface area contributed by atoms with Gasteiger partial charge in [0.1, 0.15) is 0 Å². The van der Waals surface area contributed by atoms with E-state index in [0.29, 0.717) is 23.9 Å². The molecule has 0 radical (unpaired) electrons. The van der Waals surface area contributed by atoms with Crippen LogP contribution in [0.5, 0.6) is 0 Å². The number of nitrogens with one attached hydrogen (secondary N) is 1. The number of carbonyl (C=O) groups excluding carboxylic acids is 1. The largest absolute Gasteiger partial charge is 0.338 e. The molecule has 3 rings (SSSR count). The van der Waals surface area contributed by atoms with Gasteiger partial charge >= 0.3 is 0 Å². The molecule has 114 valence electrons. The quantitative estimate of drug-likeness (QED) is 0.857. The standard InChI is InChI=1S/C17H30N2O/c1-12(2)19(11-13-7-5-6-10-18-13)17(20)16-14-8-3-4-9-15(14)16/h12-16,18H,3-11H2,1-2H3. The lowest BCUT2D eigenvalue weighted by atomic mass is 10.0. The Morgan fingerprint density at radius 3 is 2.30 bits per heavy atom. The Kier molecular flexibility index (Phi) is 4.34. The zero-order chi connectivity index (χ0) is 14.1. The number of nitrogens with zero attached hydrogens (tertiary/aromatic N) is 1. The fourth-order valence-electron chi connectivity index (χ4n) is 4.42. The third-order valence-corrected chi connectivity index (χ3v) is 5.68. The van der Waals surface area contributed by atoms with E-state index < -0.39 is 0 Å². The molecule has 3 fully saturated rings.